The highest BCUT2D eigenvalue weighted by Crippen LogP contribution is 2.25. The predicted octanol–water partition coefficient (Wildman–Crippen LogP) is 4.17. The zero-order valence-corrected chi connectivity index (χ0v) is 21.1. The molecular weight excluding hydrogens is 559 g/mol. The maximum atomic E-state index is 13.3. The van der Waals surface area contributed by atoms with Crippen molar-refractivity contribution in [3.05, 3.63) is 105 Å². The van der Waals surface area contributed by atoms with Gasteiger partial charge < -0.3 is 15.2 Å². The molecule has 0 aliphatic carbocycles. The molecule has 8 heteroatoms. The van der Waals surface area contributed by atoms with E-state index in [0.29, 0.717) is 0 Å². The standard InChI is InChI=1S/C27H25IN2O5/c28-22-12-10-18(11-13-22)14-23(26(32)33)29-25(31)24-15-20-8-4-5-9-21(20)16-30(24)27(34)35-17-19-6-2-1-3-7-19/h1-13,23-24H,14-17H2,(H,29,31)(H,32,33)/t23-,24-/m0/s1. The summed E-state index contributed by atoms with van der Waals surface area (Å²) in [4.78, 5) is 39.7. The number of amides is 2. The zero-order chi connectivity index (χ0) is 24.8. The summed E-state index contributed by atoms with van der Waals surface area (Å²) in [5.41, 5.74) is 3.51. The van der Waals surface area contributed by atoms with E-state index in [9.17, 15) is 19.5 Å². The number of nitrogens with one attached hydrogen (secondary N) is 1. The molecule has 3 aromatic rings. The average Bonchev–Trinajstić information content (AvgIpc) is 2.87. The Kier molecular flexibility index (Phi) is 8.02. The lowest BCUT2D eigenvalue weighted by Gasteiger charge is -2.35. The van der Waals surface area contributed by atoms with Crippen LogP contribution in [0.15, 0.2) is 78.9 Å². The van der Waals surface area contributed by atoms with Crippen LogP contribution < -0.4 is 5.32 Å². The SMILES string of the molecule is O=C(O)[C@H](Cc1ccc(I)cc1)NC(=O)[C@@H]1Cc2ccccc2CN1C(=O)OCc1ccccc1. The van der Waals surface area contributed by atoms with E-state index < -0.39 is 30.1 Å². The van der Waals surface area contributed by atoms with Crippen LogP contribution in [0, 0.1) is 3.57 Å². The van der Waals surface area contributed by atoms with Crippen LogP contribution in [0.3, 0.4) is 0 Å². The van der Waals surface area contributed by atoms with E-state index in [1.165, 1.54) is 4.90 Å². The maximum absolute atomic E-state index is 13.3. The fourth-order valence-electron chi connectivity index (χ4n) is 4.08. The van der Waals surface area contributed by atoms with Gasteiger partial charge in [0.05, 0.1) is 6.54 Å². The van der Waals surface area contributed by atoms with Crippen molar-refractivity contribution in [1.82, 2.24) is 10.2 Å². The number of nitrogens with zero attached hydrogens (tertiary/aromatic N) is 1. The number of benzene rings is 3. The first-order valence-corrected chi connectivity index (χ1v) is 12.3. The molecule has 4 rings (SSSR count). The highest BCUT2D eigenvalue weighted by molar-refractivity contribution is 14.1. The van der Waals surface area contributed by atoms with Gasteiger partial charge in [-0.15, -0.1) is 0 Å². The summed E-state index contributed by atoms with van der Waals surface area (Å²) in [5.74, 6) is -1.65. The van der Waals surface area contributed by atoms with E-state index in [2.05, 4.69) is 27.9 Å². The van der Waals surface area contributed by atoms with Crippen molar-refractivity contribution in [2.24, 2.45) is 0 Å². The van der Waals surface area contributed by atoms with Gasteiger partial charge in [-0.05, 0) is 57.0 Å². The van der Waals surface area contributed by atoms with Crippen LogP contribution in [0.5, 0.6) is 0 Å². The first-order chi connectivity index (χ1) is 16.9. The lowest BCUT2D eigenvalue weighted by Crippen LogP contribution is -2.56. The van der Waals surface area contributed by atoms with Crippen LogP contribution in [-0.4, -0.2) is 40.1 Å². The van der Waals surface area contributed by atoms with Gasteiger partial charge in [0.15, 0.2) is 0 Å². The molecule has 1 aliphatic heterocycles. The lowest BCUT2D eigenvalue weighted by molar-refractivity contribution is -0.142. The van der Waals surface area contributed by atoms with Crippen molar-refractivity contribution < 1.29 is 24.2 Å². The second-order valence-electron chi connectivity index (χ2n) is 8.39. The molecular formula is C27H25IN2O5. The molecule has 0 saturated carbocycles. The van der Waals surface area contributed by atoms with Gasteiger partial charge in [-0.25, -0.2) is 9.59 Å². The monoisotopic (exact) mass is 584 g/mol. The van der Waals surface area contributed by atoms with Crippen molar-refractivity contribution in [2.45, 2.75) is 38.1 Å². The van der Waals surface area contributed by atoms with Crippen LogP contribution in [-0.2, 0) is 40.3 Å². The molecule has 0 bridgehead atoms. The summed E-state index contributed by atoms with van der Waals surface area (Å²) in [6, 6.07) is 22.3. The molecule has 0 fully saturated rings. The van der Waals surface area contributed by atoms with Crippen LogP contribution in [0.2, 0.25) is 0 Å². The van der Waals surface area contributed by atoms with Crippen LogP contribution in [0.1, 0.15) is 22.3 Å². The van der Waals surface area contributed by atoms with Gasteiger partial charge in [-0.2, -0.15) is 0 Å². The molecule has 2 amide bonds. The van der Waals surface area contributed by atoms with E-state index in [1.807, 2.05) is 78.9 Å². The third-order valence-electron chi connectivity index (χ3n) is 5.96. The quantitative estimate of drug-likeness (QED) is 0.407. The zero-order valence-electron chi connectivity index (χ0n) is 18.9. The summed E-state index contributed by atoms with van der Waals surface area (Å²) < 4.78 is 6.55. The van der Waals surface area contributed by atoms with E-state index in [4.69, 9.17) is 4.74 Å². The first kappa shape index (κ1) is 24.7. The van der Waals surface area contributed by atoms with Gasteiger partial charge in [0, 0.05) is 16.4 Å². The fourth-order valence-corrected chi connectivity index (χ4v) is 4.44. The summed E-state index contributed by atoms with van der Waals surface area (Å²) in [7, 11) is 0. The Labute approximate surface area is 217 Å². The van der Waals surface area contributed by atoms with Gasteiger partial charge in [-0.3, -0.25) is 9.69 Å². The fraction of sp³-hybridized carbons (Fsp3) is 0.222. The molecule has 180 valence electrons. The lowest BCUT2D eigenvalue weighted by atomic mass is 9.93. The minimum atomic E-state index is -1.13. The van der Waals surface area contributed by atoms with Gasteiger partial charge in [0.2, 0.25) is 5.91 Å². The summed E-state index contributed by atoms with van der Waals surface area (Å²) >= 11 is 2.18. The Hall–Kier alpha value is -3.40. The number of hydrogen-bond acceptors (Lipinski definition) is 4. The molecule has 7 nitrogen and oxygen atoms in total. The molecule has 0 spiro atoms. The Morgan fingerprint density at radius 1 is 0.943 bits per heavy atom. The number of carboxylic acid groups (broad SMARTS) is 1. The van der Waals surface area contributed by atoms with E-state index in [1.54, 1.807) is 0 Å². The molecule has 0 aromatic heterocycles. The third kappa shape index (κ3) is 6.39. The second-order valence-corrected chi connectivity index (χ2v) is 9.63. The van der Waals surface area contributed by atoms with E-state index >= 15 is 0 Å². The van der Waals surface area contributed by atoms with Crippen molar-refractivity contribution in [3.63, 3.8) is 0 Å². The molecule has 1 heterocycles. The minimum absolute atomic E-state index is 0.0801. The van der Waals surface area contributed by atoms with Gasteiger partial charge in [-0.1, -0.05) is 66.7 Å². The average molecular weight is 584 g/mol. The molecule has 3 aromatic carbocycles. The molecule has 0 saturated heterocycles. The van der Waals surface area contributed by atoms with Crippen molar-refractivity contribution in [3.8, 4) is 0 Å². The Balaban J connectivity index is 1.51. The Morgan fingerprint density at radius 2 is 1.60 bits per heavy atom. The smallest absolute Gasteiger partial charge is 0.411 e. The van der Waals surface area contributed by atoms with Crippen LogP contribution >= 0.6 is 22.6 Å². The Bertz CT molecular complexity index is 1200. The number of aliphatic carboxylic acids is 1. The minimum Gasteiger partial charge on any atom is -0.480 e. The summed E-state index contributed by atoms with van der Waals surface area (Å²) in [6.45, 7) is 0.285. The number of carbonyl (C=O) groups excluding carboxylic acids is 2. The normalized spacial score (nSPS) is 15.6. The van der Waals surface area contributed by atoms with Crippen molar-refractivity contribution in [2.75, 3.05) is 0 Å². The third-order valence-corrected chi connectivity index (χ3v) is 6.68. The number of carbonyl (C=O) groups is 3. The molecule has 2 N–H and O–H groups in total. The van der Waals surface area contributed by atoms with Crippen molar-refractivity contribution >= 4 is 40.6 Å². The molecule has 0 radical (unpaired) electrons. The molecule has 35 heavy (non-hydrogen) atoms. The largest absolute Gasteiger partial charge is 0.480 e. The number of halogens is 1. The maximum Gasteiger partial charge on any atom is 0.411 e. The summed E-state index contributed by atoms with van der Waals surface area (Å²) in [6.07, 6.45) is -0.203. The molecule has 1 aliphatic rings. The highest BCUT2D eigenvalue weighted by atomic mass is 127. The summed E-state index contributed by atoms with van der Waals surface area (Å²) in [5, 5.41) is 12.4. The number of rotatable bonds is 7. The predicted molar refractivity (Wildman–Crippen MR) is 139 cm³/mol. The molecule has 2 atom stereocenters. The Morgan fingerprint density at radius 3 is 2.29 bits per heavy atom. The number of carboxylic acids is 1. The van der Waals surface area contributed by atoms with Gasteiger partial charge >= 0.3 is 12.1 Å². The van der Waals surface area contributed by atoms with Crippen LogP contribution in [0.25, 0.3) is 0 Å². The van der Waals surface area contributed by atoms with E-state index in [0.717, 1.165) is 25.8 Å². The first-order valence-electron chi connectivity index (χ1n) is 11.2. The van der Waals surface area contributed by atoms with E-state index in [-0.39, 0.29) is 26.0 Å². The molecule has 0 unspecified atom stereocenters. The highest BCUT2D eigenvalue weighted by Gasteiger charge is 2.37. The van der Waals surface area contributed by atoms with Crippen LogP contribution in [0.4, 0.5) is 4.79 Å². The second kappa shape index (κ2) is 11.4. The van der Waals surface area contributed by atoms with Crippen molar-refractivity contribution in [1.29, 1.82) is 0 Å². The topological polar surface area (TPSA) is 95.9 Å². The number of fused-ring (bicyclic) bond motifs is 1. The number of ether oxygens (including phenoxy) is 1. The van der Waals surface area contributed by atoms with Gasteiger partial charge in [0.25, 0.3) is 0 Å². The number of hydrogen-bond donors (Lipinski definition) is 2. The van der Waals surface area contributed by atoms with Gasteiger partial charge in [0.1, 0.15) is 18.7 Å².